The van der Waals surface area contributed by atoms with Gasteiger partial charge in [-0.2, -0.15) is 0 Å². The number of likely N-dealkylation sites (tertiary alicyclic amines) is 1. The van der Waals surface area contributed by atoms with Crippen LogP contribution in [0.1, 0.15) is 60.0 Å². The van der Waals surface area contributed by atoms with E-state index in [2.05, 4.69) is 5.16 Å². The van der Waals surface area contributed by atoms with Crippen LogP contribution in [-0.4, -0.2) is 47.2 Å². The summed E-state index contributed by atoms with van der Waals surface area (Å²) in [5.41, 5.74) is 1.14. The number of halogens is 3. The van der Waals surface area contributed by atoms with Crippen molar-refractivity contribution in [1.82, 2.24) is 4.90 Å². The number of aromatic carboxylic acids is 1. The molecule has 8 nitrogen and oxygen atoms in total. The lowest BCUT2D eigenvalue weighted by atomic mass is 9.91. The van der Waals surface area contributed by atoms with Gasteiger partial charge in [-0.15, -0.1) is 0 Å². The fourth-order valence-electron chi connectivity index (χ4n) is 5.06. The van der Waals surface area contributed by atoms with E-state index in [0.29, 0.717) is 52.6 Å². The Balaban J connectivity index is 1.61. The summed E-state index contributed by atoms with van der Waals surface area (Å²) >= 11 is 6.22. The molecule has 0 aromatic heterocycles. The Kier molecular flexibility index (Phi) is 10.5. The molecule has 2 atom stereocenters. The number of carbonyl (C=O) groups is 3. The number of carbonyl (C=O) groups excluding carboxylic acids is 2. The molecule has 43 heavy (non-hydrogen) atoms. The van der Waals surface area contributed by atoms with Crippen LogP contribution in [0.2, 0.25) is 5.02 Å². The molecule has 226 valence electrons. The van der Waals surface area contributed by atoms with Crippen LogP contribution in [0.3, 0.4) is 0 Å². The molecule has 0 aliphatic carbocycles. The molecule has 4 rings (SSSR count). The van der Waals surface area contributed by atoms with E-state index in [9.17, 15) is 23.2 Å². The fourth-order valence-corrected chi connectivity index (χ4v) is 5.26. The highest BCUT2D eigenvalue weighted by atomic mass is 35.5. The van der Waals surface area contributed by atoms with Crippen molar-refractivity contribution in [3.8, 4) is 11.5 Å². The molecule has 1 aliphatic rings. The molecule has 3 aromatic rings. The molecule has 0 spiro atoms. The van der Waals surface area contributed by atoms with Crippen molar-refractivity contribution in [3.05, 3.63) is 94.0 Å². The number of benzene rings is 3. The third-order valence-corrected chi connectivity index (χ3v) is 7.68. The van der Waals surface area contributed by atoms with Gasteiger partial charge in [-0.3, -0.25) is 14.5 Å². The number of imide groups is 1. The summed E-state index contributed by atoms with van der Waals surface area (Å²) in [7, 11) is 1.52. The Hall–Kier alpha value is -4.31. The van der Waals surface area contributed by atoms with Gasteiger partial charge < -0.3 is 14.7 Å². The monoisotopic (exact) mass is 612 g/mol. The van der Waals surface area contributed by atoms with Gasteiger partial charge in [-0.1, -0.05) is 29.7 Å². The molecular weight excluding hydrogens is 582 g/mol. The minimum atomic E-state index is -1.39. The summed E-state index contributed by atoms with van der Waals surface area (Å²) in [6, 6.07) is 14.2. The Bertz CT molecular complexity index is 1530. The lowest BCUT2D eigenvalue weighted by molar-refractivity contribution is -0.146. The van der Waals surface area contributed by atoms with Gasteiger partial charge in [-0.05, 0) is 97.3 Å². The first-order valence-electron chi connectivity index (χ1n) is 13.8. The van der Waals surface area contributed by atoms with Crippen LogP contribution in [-0.2, 0) is 16.0 Å². The van der Waals surface area contributed by atoms with Gasteiger partial charge in [-0.25, -0.2) is 13.6 Å². The van der Waals surface area contributed by atoms with Crippen LogP contribution in [0, 0.1) is 17.6 Å². The van der Waals surface area contributed by atoms with E-state index in [1.54, 1.807) is 18.2 Å². The number of oxime groups is 1. The zero-order valence-corrected chi connectivity index (χ0v) is 24.4. The summed E-state index contributed by atoms with van der Waals surface area (Å²) in [6.45, 7) is 1.70. The third-order valence-electron chi connectivity index (χ3n) is 7.45. The van der Waals surface area contributed by atoms with E-state index in [-0.39, 0.29) is 19.4 Å². The topological polar surface area (TPSA) is 106 Å². The van der Waals surface area contributed by atoms with E-state index < -0.39 is 46.8 Å². The predicted octanol–water partition coefficient (Wildman–Crippen LogP) is 6.65. The predicted molar refractivity (Wildman–Crippen MR) is 157 cm³/mol. The molecule has 1 N–H and O–H groups in total. The van der Waals surface area contributed by atoms with Crippen molar-refractivity contribution in [2.45, 2.75) is 44.9 Å². The quantitative estimate of drug-likeness (QED) is 0.257. The van der Waals surface area contributed by atoms with Gasteiger partial charge in [0.25, 0.3) is 0 Å². The van der Waals surface area contributed by atoms with Gasteiger partial charge >= 0.3 is 5.97 Å². The average Bonchev–Trinajstić information content (AvgIpc) is 3.14. The summed E-state index contributed by atoms with van der Waals surface area (Å²) < 4.78 is 33.2. The van der Waals surface area contributed by atoms with Crippen LogP contribution in [0.15, 0.2) is 65.8 Å². The van der Waals surface area contributed by atoms with Gasteiger partial charge in [0, 0.05) is 17.4 Å². The number of ether oxygens (including phenoxy) is 1. The second-order valence-corrected chi connectivity index (χ2v) is 10.7. The molecule has 1 unspecified atom stereocenters. The third kappa shape index (κ3) is 7.95. The first kappa shape index (κ1) is 31.6. The highest BCUT2D eigenvalue weighted by Gasteiger charge is 2.35. The van der Waals surface area contributed by atoms with E-state index >= 15 is 0 Å². The molecule has 1 heterocycles. The Labute approximate surface area is 252 Å². The number of hydrogen-bond donors (Lipinski definition) is 1. The molecule has 3 aromatic carbocycles. The number of rotatable bonds is 10. The van der Waals surface area contributed by atoms with Crippen molar-refractivity contribution in [1.29, 1.82) is 0 Å². The lowest BCUT2D eigenvalue weighted by Gasteiger charge is -2.25. The number of hydrogen-bond acceptors (Lipinski definition) is 6. The Morgan fingerprint density at radius 3 is 2.51 bits per heavy atom. The smallest absolute Gasteiger partial charge is 0.338 e. The second-order valence-electron chi connectivity index (χ2n) is 10.3. The van der Waals surface area contributed by atoms with Crippen molar-refractivity contribution in [2.75, 3.05) is 13.7 Å². The maximum atomic E-state index is 14.5. The molecule has 0 bridgehead atoms. The highest BCUT2D eigenvalue weighted by molar-refractivity contribution is 6.30. The summed E-state index contributed by atoms with van der Waals surface area (Å²) in [4.78, 5) is 45.5. The van der Waals surface area contributed by atoms with Crippen molar-refractivity contribution < 1.29 is 37.8 Å². The molecule has 0 radical (unpaired) electrons. The minimum absolute atomic E-state index is 0.118. The van der Waals surface area contributed by atoms with Gasteiger partial charge in [0.05, 0.1) is 24.9 Å². The zero-order chi connectivity index (χ0) is 31.1. The molecule has 2 amide bonds. The summed E-state index contributed by atoms with van der Waals surface area (Å²) in [5.74, 6) is -3.83. The SMILES string of the molecule is CC[C@@H](CC(=O)N1C/C(=N/Oc2ccc(F)cc2)CCC(Cc2cc(Cl)ccc2OC)C1=O)c1ccc(C(=O)O)c(F)c1. The average molecular weight is 613 g/mol. The summed E-state index contributed by atoms with van der Waals surface area (Å²) in [6.07, 6.45) is 1.30. The number of amides is 2. The Morgan fingerprint density at radius 2 is 1.86 bits per heavy atom. The van der Waals surface area contributed by atoms with E-state index in [1.165, 1.54) is 43.5 Å². The number of nitrogens with zero attached hydrogens (tertiary/aromatic N) is 2. The Morgan fingerprint density at radius 1 is 1.12 bits per heavy atom. The largest absolute Gasteiger partial charge is 0.496 e. The molecule has 1 fully saturated rings. The first-order valence-corrected chi connectivity index (χ1v) is 14.1. The molecule has 1 saturated heterocycles. The van der Waals surface area contributed by atoms with Crippen LogP contribution >= 0.6 is 11.6 Å². The van der Waals surface area contributed by atoms with Gasteiger partial charge in [0.1, 0.15) is 17.4 Å². The second kappa shape index (κ2) is 14.2. The van der Waals surface area contributed by atoms with Crippen LogP contribution in [0.25, 0.3) is 0 Å². The molecule has 1 aliphatic heterocycles. The fraction of sp³-hybridized carbons (Fsp3) is 0.312. The van der Waals surface area contributed by atoms with Crippen LogP contribution in [0.5, 0.6) is 11.5 Å². The zero-order valence-electron chi connectivity index (χ0n) is 23.7. The van der Waals surface area contributed by atoms with E-state index in [0.717, 1.165) is 11.0 Å². The van der Waals surface area contributed by atoms with E-state index in [1.807, 2.05) is 6.92 Å². The molecular formula is C32H31ClF2N2O6. The lowest BCUT2D eigenvalue weighted by Crippen LogP contribution is -2.42. The maximum Gasteiger partial charge on any atom is 0.338 e. The van der Waals surface area contributed by atoms with Crippen LogP contribution in [0.4, 0.5) is 8.78 Å². The molecule has 0 saturated carbocycles. The normalized spacial score (nSPS) is 17.0. The van der Waals surface area contributed by atoms with Crippen molar-refractivity contribution in [2.24, 2.45) is 11.1 Å². The molecule has 11 heteroatoms. The number of carboxylic acid groups (broad SMARTS) is 1. The first-order chi connectivity index (χ1) is 20.6. The van der Waals surface area contributed by atoms with Gasteiger partial charge in [0.2, 0.25) is 11.8 Å². The van der Waals surface area contributed by atoms with Crippen molar-refractivity contribution >= 4 is 35.1 Å². The van der Waals surface area contributed by atoms with Crippen LogP contribution < -0.4 is 9.57 Å². The standard InChI is InChI=1S/C32H31ClF2N2O6/c1-3-19(20-5-12-27(32(40)41)28(35)16-20)17-30(38)37-18-25(36-43-26-10-7-24(34)8-11-26)9-4-21(31(37)39)14-22-15-23(33)6-13-29(22)42-2/h5-8,10-13,15-16,19,21H,3-4,9,14,17-18H2,1-2H3,(H,40,41)/b36-25+/t19-,21?/m0/s1. The highest BCUT2D eigenvalue weighted by Crippen LogP contribution is 2.31. The minimum Gasteiger partial charge on any atom is -0.496 e. The number of carboxylic acids is 1. The maximum absolute atomic E-state index is 14.5. The van der Waals surface area contributed by atoms with E-state index in [4.69, 9.17) is 26.3 Å². The van der Waals surface area contributed by atoms with Gasteiger partial charge in [0.15, 0.2) is 5.75 Å². The summed E-state index contributed by atoms with van der Waals surface area (Å²) in [5, 5.41) is 13.8. The number of methoxy groups -OCH3 is 1. The van der Waals surface area contributed by atoms with Crippen molar-refractivity contribution in [3.63, 3.8) is 0 Å².